The zero-order valence-corrected chi connectivity index (χ0v) is 13.3. The number of aromatic nitrogens is 2. The summed E-state index contributed by atoms with van der Waals surface area (Å²) in [5, 5.41) is 7.12. The van der Waals surface area contributed by atoms with E-state index in [1.165, 1.54) is 6.92 Å². The molecule has 134 valence electrons. The number of ether oxygens (including phenoxy) is 1. The van der Waals surface area contributed by atoms with Crippen molar-refractivity contribution >= 4 is 23.5 Å². The Kier molecular flexibility index (Phi) is 6.46. The van der Waals surface area contributed by atoms with Gasteiger partial charge in [-0.2, -0.15) is 13.2 Å². The molecule has 0 saturated heterocycles. The molecule has 0 fully saturated rings. The first-order valence-corrected chi connectivity index (χ1v) is 6.73. The first-order chi connectivity index (χ1) is 11.0. The maximum atomic E-state index is 11.5. The van der Waals surface area contributed by atoms with Crippen molar-refractivity contribution < 1.29 is 32.6 Å². The summed E-state index contributed by atoms with van der Waals surface area (Å²) in [6.07, 6.45) is -3.40. The van der Waals surface area contributed by atoms with Gasteiger partial charge in [0.05, 0.1) is 30.8 Å². The highest BCUT2D eigenvalue weighted by Crippen LogP contribution is 2.23. The molecular formula is C13H17F3N4O4. The summed E-state index contributed by atoms with van der Waals surface area (Å²) < 4.78 is 37.2. The lowest BCUT2D eigenvalue weighted by atomic mass is 10.3. The fourth-order valence-corrected chi connectivity index (χ4v) is 1.72. The third-order valence-corrected chi connectivity index (χ3v) is 2.84. The average molecular weight is 350 g/mol. The molecule has 0 aromatic carbocycles. The standard InChI is InChI=1S/C11H16N4O2.C2HF3O2/c1-8(16)15-4-5-17-7-9-10(15)6-12-11(13-9)14(2)3;3-2(4,5)1(6)7/h6H,4-5,7H2,1-3H3;(H,6,7). The number of aliphatic carboxylic acids is 1. The van der Waals surface area contributed by atoms with Crippen LogP contribution >= 0.6 is 0 Å². The average Bonchev–Trinajstić information content (AvgIpc) is 2.68. The summed E-state index contributed by atoms with van der Waals surface area (Å²) in [4.78, 5) is 32.5. The van der Waals surface area contributed by atoms with Crippen molar-refractivity contribution in [2.24, 2.45) is 0 Å². The molecule has 11 heteroatoms. The summed E-state index contributed by atoms with van der Waals surface area (Å²) in [6, 6.07) is 0. The number of anilines is 2. The van der Waals surface area contributed by atoms with E-state index >= 15 is 0 Å². The number of hydrogen-bond acceptors (Lipinski definition) is 6. The Balaban J connectivity index is 0.000000351. The first-order valence-electron chi connectivity index (χ1n) is 6.73. The molecule has 0 atom stereocenters. The van der Waals surface area contributed by atoms with E-state index in [0.717, 1.165) is 11.4 Å². The molecule has 0 bridgehead atoms. The number of nitrogens with zero attached hydrogens (tertiary/aromatic N) is 4. The van der Waals surface area contributed by atoms with Crippen LogP contribution in [0.5, 0.6) is 0 Å². The van der Waals surface area contributed by atoms with Crippen LogP contribution in [0, 0.1) is 0 Å². The number of alkyl halides is 3. The van der Waals surface area contributed by atoms with Gasteiger partial charge < -0.3 is 19.6 Å². The predicted molar refractivity (Wildman–Crippen MR) is 77.7 cm³/mol. The number of carbonyl (C=O) groups excluding carboxylic acids is 1. The monoisotopic (exact) mass is 350 g/mol. The van der Waals surface area contributed by atoms with Crippen molar-refractivity contribution in [3.8, 4) is 0 Å². The number of hydrogen-bond donors (Lipinski definition) is 1. The highest BCUT2D eigenvalue weighted by atomic mass is 19.4. The second kappa shape index (κ2) is 7.90. The van der Waals surface area contributed by atoms with E-state index in [1.807, 2.05) is 19.0 Å². The topological polar surface area (TPSA) is 95.9 Å². The Hall–Kier alpha value is -2.43. The number of amides is 1. The van der Waals surface area contributed by atoms with E-state index in [-0.39, 0.29) is 5.91 Å². The van der Waals surface area contributed by atoms with Gasteiger partial charge in [-0.3, -0.25) is 4.79 Å². The van der Waals surface area contributed by atoms with Crippen LogP contribution in [0.1, 0.15) is 12.6 Å². The summed E-state index contributed by atoms with van der Waals surface area (Å²) in [7, 11) is 3.75. The molecule has 0 aliphatic carbocycles. The van der Waals surface area contributed by atoms with Crippen molar-refractivity contribution in [3.05, 3.63) is 11.9 Å². The van der Waals surface area contributed by atoms with Gasteiger partial charge in [-0.25, -0.2) is 14.8 Å². The van der Waals surface area contributed by atoms with Gasteiger partial charge in [0.25, 0.3) is 0 Å². The zero-order valence-electron chi connectivity index (χ0n) is 13.3. The van der Waals surface area contributed by atoms with Crippen molar-refractivity contribution in [2.45, 2.75) is 19.7 Å². The molecule has 2 heterocycles. The van der Waals surface area contributed by atoms with Crippen molar-refractivity contribution in [2.75, 3.05) is 37.0 Å². The normalized spacial score (nSPS) is 14.0. The van der Waals surface area contributed by atoms with Gasteiger partial charge in [0.2, 0.25) is 11.9 Å². The van der Waals surface area contributed by atoms with Gasteiger partial charge >= 0.3 is 12.1 Å². The molecule has 2 rings (SSSR count). The molecular weight excluding hydrogens is 333 g/mol. The van der Waals surface area contributed by atoms with Crippen LogP contribution in [0.2, 0.25) is 0 Å². The van der Waals surface area contributed by atoms with Gasteiger partial charge in [0.1, 0.15) is 0 Å². The van der Waals surface area contributed by atoms with Crippen molar-refractivity contribution in [3.63, 3.8) is 0 Å². The minimum atomic E-state index is -5.08. The summed E-state index contributed by atoms with van der Waals surface area (Å²) in [5.41, 5.74) is 1.51. The highest BCUT2D eigenvalue weighted by molar-refractivity contribution is 5.92. The van der Waals surface area contributed by atoms with Crippen LogP contribution in [0.25, 0.3) is 0 Å². The highest BCUT2D eigenvalue weighted by Gasteiger charge is 2.38. The molecule has 24 heavy (non-hydrogen) atoms. The fraction of sp³-hybridized carbons (Fsp3) is 0.538. The Bertz CT molecular complexity index is 607. The van der Waals surface area contributed by atoms with Gasteiger partial charge in [-0.05, 0) is 0 Å². The Labute approximate surface area is 135 Å². The molecule has 0 radical (unpaired) electrons. The van der Waals surface area contributed by atoms with Crippen LogP contribution in [-0.4, -0.2) is 60.4 Å². The second-order valence-corrected chi connectivity index (χ2v) is 4.92. The summed E-state index contributed by atoms with van der Waals surface area (Å²) >= 11 is 0. The Morgan fingerprint density at radius 2 is 1.96 bits per heavy atom. The number of halogens is 3. The lowest BCUT2D eigenvalue weighted by molar-refractivity contribution is -0.192. The lowest BCUT2D eigenvalue weighted by Gasteiger charge is -2.20. The smallest absolute Gasteiger partial charge is 0.475 e. The number of carboxylic acid groups (broad SMARTS) is 1. The van der Waals surface area contributed by atoms with Gasteiger partial charge in [-0.15, -0.1) is 0 Å². The van der Waals surface area contributed by atoms with E-state index in [9.17, 15) is 18.0 Å². The molecule has 1 N–H and O–H groups in total. The van der Waals surface area contributed by atoms with Crippen molar-refractivity contribution in [1.82, 2.24) is 9.97 Å². The third kappa shape index (κ3) is 5.33. The largest absolute Gasteiger partial charge is 0.490 e. The molecule has 1 aromatic heterocycles. The van der Waals surface area contributed by atoms with E-state index in [2.05, 4.69) is 9.97 Å². The summed E-state index contributed by atoms with van der Waals surface area (Å²) in [6.45, 7) is 3.03. The molecule has 0 spiro atoms. The molecule has 1 aromatic rings. The number of carbonyl (C=O) groups is 2. The maximum absolute atomic E-state index is 11.5. The van der Waals surface area contributed by atoms with E-state index in [0.29, 0.717) is 25.7 Å². The van der Waals surface area contributed by atoms with Crippen LogP contribution in [-0.2, 0) is 20.9 Å². The number of rotatable bonds is 1. The minimum Gasteiger partial charge on any atom is -0.475 e. The van der Waals surface area contributed by atoms with Crippen molar-refractivity contribution in [1.29, 1.82) is 0 Å². The molecule has 0 saturated carbocycles. The zero-order chi connectivity index (χ0) is 18.5. The molecule has 1 aliphatic rings. The molecule has 1 amide bonds. The van der Waals surface area contributed by atoms with E-state index in [4.69, 9.17) is 14.6 Å². The first kappa shape index (κ1) is 19.6. The molecule has 1 aliphatic heterocycles. The Morgan fingerprint density at radius 3 is 2.42 bits per heavy atom. The Morgan fingerprint density at radius 1 is 1.38 bits per heavy atom. The number of fused-ring (bicyclic) bond motifs is 1. The minimum absolute atomic E-state index is 0.0158. The quantitative estimate of drug-likeness (QED) is 0.809. The van der Waals surface area contributed by atoms with Crippen LogP contribution in [0.3, 0.4) is 0 Å². The predicted octanol–water partition coefficient (Wildman–Crippen LogP) is 1.06. The number of carboxylic acids is 1. The lowest BCUT2D eigenvalue weighted by Crippen LogP contribution is -2.31. The maximum Gasteiger partial charge on any atom is 0.490 e. The van der Waals surface area contributed by atoms with E-state index < -0.39 is 12.1 Å². The third-order valence-electron chi connectivity index (χ3n) is 2.84. The van der Waals surface area contributed by atoms with Crippen LogP contribution < -0.4 is 9.80 Å². The summed E-state index contributed by atoms with van der Waals surface area (Å²) in [5.74, 6) is -2.15. The second-order valence-electron chi connectivity index (χ2n) is 4.92. The van der Waals surface area contributed by atoms with Gasteiger partial charge in [0.15, 0.2) is 0 Å². The SMILES string of the molecule is CC(=O)N1CCOCc2nc(N(C)C)ncc21.O=C(O)C(F)(F)F. The van der Waals surface area contributed by atoms with Crippen LogP contribution in [0.4, 0.5) is 24.8 Å². The van der Waals surface area contributed by atoms with E-state index in [1.54, 1.807) is 11.1 Å². The fourth-order valence-electron chi connectivity index (χ4n) is 1.72. The van der Waals surface area contributed by atoms with Crippen LogP contribution in [0.15, 0.2) is 6.20 Å². The molecule has 0 unspecified atom stereocenters. The van der Waals surface area contributed by atoms with Gasteiger partial charge in [-0.1, -0.05) is 0 Å². The van der Waals surface area contributed by atoms with Gasteiger partial charge in [0, 0.05) is 27.6 Å². The molecule has 8 nitrogen and oxygen atoms in total.